The molecular formula is C28H32N2O3. The molecule has 2 aromatic carbocycles. The molecule has 3 aromatic rings. The molecule has 172 valence electrons. The first-order chi connectivity index (χ1) is 16.2. The van der Waals surface area contributed by atoms with E-state index in [9.17, 15) is 9.59 Å². The molecule has 5 nitrogen and oxygen atoms in total. The highest BCUT2D eigenvalue weighted by atomic mass is 16.5. The van der Waals surface area contributed by atoms with E-state index in [1.807, 2.05) is 67.6 Å². The van der Waals surface area contributed by atoms with Gasteiger partial charge in [0.25, 0.3) is 0 Å². The predicted molar refractivity (Wildman–Crippen MR) is 131 cm³/mol. The quantitative estimate of drug-likeness (QED) is 0.318. The molecule has 0 radical (unpaired) electrons. The molecule has 0 saturated carbocycles. The molecule has 0 bridgehead atoms. The smallest absolute Gasteiger partial charge is 0.408 e. The number of hydrogen-bond acceptors (Lipinski definition) is 4. The molecule has 0 saturated heterocycles. The Balaban J connectivity index is 1.65. The number of amides is 1. The summed E-state index contributed by atoms with van der Waals surface area (Å²) in [6, 6.07) is 23.5. The predicted octanol–water partition coefficient (Wildman–Crippen LogP) is 6.65. The van der Waals surface area contributed by atoms with Crippen LogP contribution in [0.3, 0.4) is 0 Å². The molecule has 1 heterocycles. The Hall–Kier alpha value is -3.47. The number of Topliss-reactive ketones (excluding diaryl/α,β-unsaturated/α-hetero) is 1. The maximum absolute atomic E-state index is 12.6. The third-order valence-electron chi connectivity index (χ3n) is 5.59. The van der Waals surface area contributed by atoms with Gasteiger partial charge in [-0.3, -0.25) is 9.78 Å². The lowest BCUT2D eigenvalue weighted by Gasteiger charge is -2.19. The van der Waals surface area contributed by atoms with Gasteiger partial charge in [0.05, 0.1) is 11.7 Å². The number of carbonyl (C=O) groups excluding carboxylic acids is 2. The van der Waals surface area contributed by atoms with Crippen LogP contribution in [-0.4, -0.2) is 16.9 Å². The van der Waals surface area contributed by atoms with Gasteiger partial charge in [-0.25, -0.2) is 4.79 Å². The van der Waals surface area contributed by atoms with Gasteiger partial charge in [-0.15, -0.1) is 0 Å². The van der Waals surface area contributed by atoms with Crippen LogP contribution >= 0.6 is 0 Å². The lowest BCUT2D eigenvalue weighted by atomic mass is 10.00. The first kappa shape index (κ1) is 24.2. The highest BCUT2D eigenvalue weighted by Gasteiger charge is 2.18. The molecule has 1 N–H and O–H groups in total. The number of hydrogen-bond donors (Lipinski definition) is 1. The zero-order valence-electron chi connectivity index (χ0n) is 19.2. The van der Waals surface area contributed by atoms with Crippen LogP contribution < -0.4 is 5.32 Å². The van der Waals surface area contributed by atoms with Gasteiger partial charge in [0.2, 0.25) is 0 Å². The van der Waals surface area contributed by atoms with E-state index in [-0.39, 0.29) is 12.6 Å². The van der Waals surface area contributed by atoms with Crippen LogP contribution in [0.2, 0.25) is 0 Å². The standard InChI is InChI=1S/C28H32N2O3/c1-2-25(31)16-10-5-11-17-26(30-28(32)33-21-22-12-6-3-7-13-22)27-20-24(18-19-29-27)23-14-8-4-9-15-23/h3-4,6-9,12-15,18-20,26H,2,5,10-11,16-17,21H2,1H3,(H,30,32)/t26-/m0/s1. The van der Waals surface area contributed by atoms with Crippen molar-refractivity contribution in [3.63, 3.8) is 0 Å². The molecule has 1 amide bonds. The summed E-state index contributed by atoms with van der Waals surface area (Å²) >= 11 is 0. The molecule has 3 rings (SSSR count). The molecule has 33 heavy (non-hydrogen) atoms. The van der Waals surface area contributed by atoms with Crippen molar-refractivity contribution in [2.45, 2.75) is 58.1 Å². The Labute approximate surface area is 196 Å². The summed E-state index contributed by atoms with van der Waals surface area (Å²) in [5.74, 6) is 0.298. The number of benzene rings is 2. The second kappa shape index (κ2) is 13.2. The molecule has 0 aliphatic rings. The van der Waals surface area contributed by atoms with Gasteiger partial charge in [0.1, 0.15) is 12.4 Å². The summed E-state index contributed by atoms with van der Waals surface area (Å²) in [6.07, 6.45) is 5.95. The van der Waals surface area contributed by atoms with Crippen LogP contribution in [0.5, 0.6) is 0 Å². The number of alkyl carbamates (subject to hydrolysis) is 1. The fourth-order valence-corrected chi connectivity index (χ4v) is 3.67. The molecule has 0 unspecified atom stereocenters. The second-order valence-corrected chi connectivity index (χ2v) is 8.09. The van der Waals surface area contributed by atoms with Crippen molar-refractivity contribution in [2.75, 3.05) is 0 Å². The third-order valence-corrected chi connectivity index (χ3v) is 5.59. The summed E-state index contributed by atoms with van der Waals surface area (Å²) in [7, 11) is 0. The summed E-state index contributed by atoms with van der Waals surface area (Å²) in [4.78, 5) is 28.7. The fraction of sp³-hybridized carbons (Fsp3) is 0.321. The fourth-order valence-electron chi connectivity index (χ4n) is 3.67. The van der Waals surface area contributed by atoms with Crippen LogP contribution in [0.15, 0.2) is 79.0 Å². The van der Waals surface area contributed by atoms with Crippen LogP contribution in [0.4, 0.5) is 4.79 Å². The van der Waals surface area contributed by atoms with Crippen molar-refractivity contribution < 1.29 is 14.3 Å². The maximum atomic E-state index is 12.6. The average molecular weight is 445 g/mol. The number of rotatable bonds is 12. The van der Waals surface area contributed by atoms with Crippen molar-refractivity contribution >= 4 is 11.9 Å². The minimum Gasteiger partial charge on any atom is -0.445 e. The number of nitrogens with zero attached hydrogens (tertiary/aromatic N) is 1. The van der Waals surface area contributed by atoms with E-state index in [1.165, 1.54) is 0 Å². The largest absolute Gasteiger partial charge is 0.445 e. The first-order valence-corrected chi connectivity index (χ1v) is 11.7. The van der Waals surface area contributed by atoms with E-state index in [2.05, 4.69) is 22.4 Å². The maximum Gasteiger partial charge on any atom is 0.408 e. The third kappa shape index (κ3) is 8.19. The van der Waals surface area contributed by atoms with Gasteiger partial charge in [-0.2, -0.15) is 0 Å². The van der Waals surface area contributed by atoms with Gasteiger partial charge in [0, 0.05) is 19.0 Å². The number of aromatic nitrogens is 1. The molecule has 1 atom stereocenters. The van der Waals surface area contributed by atoms with Crippen LogP contribution in [0.1, 0.15) is 62.7 Å². The lowest BCUT2D eigenvalue weighted by Crippen LogP contribution is -2.29. The summed E-state index contributed by atoms with van der Waals surface area (Å²) in [5, 5.41) is 3.00. The Kier molecular flexibility index (Phi) is 9.64. The number of unbranched alkanes of at least 4 members (excludes halogenated alkanes) is 2. The Morgan fingerprint density at radius 1 is 0.909 bits per heavy atom. The van der Waals surface area contributed by atoms with Gasteiger partial charge >= 0.3 is 6.09 Å². The Morgan fingerprint density at radius 2 is 1.64 bits per heavy atom. The van der Waals surface area contributed by atoms with Gasteiger partial charge in [-0.05, 0) is 41.7 Å². The van der Waals surface area contributed by atoms with Crippen LogP contribution in [0, 0.1) is 0 Å². The van der Waals surface area contributed by atoms with E-state index in [0.717, 1.165) is 48.1 Å². The molecule has 0 aliphatic carbocycles. The molecule has 0 spiro atoms. The van der Waals surface area contributed by atoms with Crippen molar-refractivity contribution in [3.05, 3.63) is 90.3 Å². The normalized spacial score (nSPS) is 11.5. The van der Waals surface area contributed by atoms with E-state index in [0.29, 0.717) is 18.6 Å². The monoisotopic (exact) mass is 444 g/mol. The highest BCUT2D eigenvalue weighted by molar-refractivity contribution is 5.77. The molecule has 5 heteroatoms. The summed E-state index contributed by atoms with van der Waals surface area (Å²) in [5.41, 5.74) is 3.90. The molecule has 1 aromatic heterocycles. The van der Waals surface area contributed by atoms with E-state index in [4.69, 9.17) is 4.74 Å². The van der Waals surface area contributed by atoms with Gasteiger partial charge in [-0.1, -0.05) is 80.4 Å². The SMILES string of the molecule is CCC(=O)CCCCC[C@H](NC(=O)OCc1ccccc1)c1cc(-c2ccccc2)ccn1. The van der Waals surface area contributed by atoms with Crippen LogP contribution in [-0.2, 0) is 16.1 Å². The topological polar surface area (TPSA) is 68.3 Å². The number of ether oxygens (including phenoxy) is 1. The summed E-state index contributed by atoms with van der Waals surface area (Å²) < 4.78 is 5.45. The molecular weight excluding hydrogens is 412 g/mol. The zero-order valence-corrected chi connectivity index (χ0v) is 19.2. The van der Waals surface area contributed by atoms with Crippen molar-refractivity contribution in [1.29, 1.82) is 0 Å². The number of pyridine rings is 1. The van der Waals surface area contributed by atoms with Gasteiger partial charge in [0.15, 0.2) is 0 Å². The number of nitrogens with one attached hydrogen (secondary N) is 1. The van der Waals surface area contributed by atoms with E-state index >= 15 is 0 Å². The summed E-state index contributed by atoms with van der Waals surface area (Å²) in [6.45, 7) is 2.12. The molecule has 0 aliphatic heterocycles. The lowest BCUT2D eigenvalue weighted by molar-refractivity contribution is -0.118. The Morgan fingerprint density at radius 3 is 2.36 bits per heavy atom. The average Bonchev–Trinajstić information content (AvgIpc) is 2.87. The second-order valence-electron chi connectivity index (χ2n) is 8.09. The van der Waals surface area contributed by atoms with Crippen LogP contribution in [0.25, 0.3) is 11.1 Å². The number of ketones is 1. The van der Waals surface area contributed by atoms with Gasteiger partial charge < -0.3 is 10.1 Å². The zero-order chi connectivity index (χ0) is 23.3. The van der Waals surface area contributed by atoms with Crippen molar-refractivity contribution in [3.8, 4) is 11.1 Å². The highest BCUT2D eigenvalue weighted by Crippen LogP contribution is 2.25. The van der Waals surface area contributed by atoms with E-state index in [1.54, 1.807) is 6.20 Å². The number of carbonyl (C=O) groups is 2. The first-order valence-electron chi connectivity index (χ1n) is 11.7. The minimum absolute atomic E-state index is 0.218. The van der Waals surface area contributed by atoms with Crippen molar-refractivity contribution in [1.82, 2.24) is 10.3 Å². The minimum atomic E-state index is -0.461. The van der Waals surface area contributed by atoms with Crippen molar-refractivity contribution in [2.24, 2.45) is 0 Å². The molecule has 0 fully saturated rings. The Bertz CT molecular complexity index is 1010. The van der Waals surface area contributed by atoms with E-state index < -0.39 is 6.09 Å².